The van der Waals surface area contributed by atoms with Crippen molar-refractivity contribution in [2.24, 2.45) is 0 Å². The summed E-state index contributed by atoms with van der Waals surface area (Å²) in [4.78, 5) is 4.30. The smallest absolute Gasteiger partial charge is 0.124 e. The van der Waals surface area contributed by atoms with Gasteiger partial charge >= 0.3 is 0 Å². The molecule has 0 aliphatic heterocycles. The maximum Gasteiger partial charge on any atom is 0.124 e. The quantitative estimate of drug-likeness (QED) is 0.652. The van der Waals surface area contributed by atoms with Gasteiger partial charge in [0.1, 0.15) is 5.01 Å². The standard InChI is InChI=1S/C13H10N2S/c1-2-4-12(5-3-1)15-8-6-11(10-15)13-14-7-9-16-13/h1-10H. The van der Waals surface area contributed by atoms with E-state index in [9.17, 15) is 0 Å². The second-order valence-corrected chi connectivity index (χ2v) is 4.37. The van der Waals surface area contributed by atoms with Gasteiger partial charge in [0.25, 0.3) is 0 Å². The van der Waals surface area contributed by atoms with Crippen molar-refractivity contribution in [3.05, 3.63) is 60.4 Å². The normalized spacial score (nSPS) is 10.5. The van der Waals surface area contributed by atoms with Crippen molar-refractivity contribution in [3.8, 4) is 16.3 Å². The molecule has 0 saturated carbocycles. The van der Waals surface area contributed by atoms with Gasteiger partial charge in [0, 0.05) is 35.2 Å². The van der Waals surface area contributed by atoms with Crippen LogP contribution in [0.15, 0.2) is 60.4 Å². The van der Waals surface area contributed by atoms with Crippen molar-refractivity contribution >= 4 is 11.3 Å². The Morgan fingerprint density at radius 2 is 1.94 bits per heavy atom. The molecule has 3 aromatic rings. The molecule has 3 rings (SSSR count). The van der Waals surface area contributed by atoms with E-state index in [4.69, 9.17) is 0 Å². The van der Waals surface area contributed by atoms with Gasteiger partial charge in [-0.1, -0.05) is 18.2 Å². The molecule has 16 heavy (non-hydrogen) atoms. The van der Waals surface area contributed by atoms with Crippen molar-refractivity contribution < 1.29 is 0 Å². The Labute approximate surface area is 97.8 Å². The van der Waals surface area contributed by atoms with E-state index in [1.54, 1.807) is 11.3 Å². The first kappa shape index (κ1) is 9.36. The molecule has 2 heterocycles. The molecule has 2 nitrogen and oxygen atoms in total. The minimum Gasteiger partial charge on any atom is -0.323 e. The summed E-state index contributed by atoms with van der Waals surface area (Å²) >= 11 is 1.66. The summed E-state index contributed by atoms with van der Waals surface area (Å²) in [5, 5.41) is 3.06. The minimum absolute atomic E-state index is 1.06. The fourth-order valence-electron chi connectivity index (χ4n) is 1.65. The highest BCUT2D eigenvalue weighted by atomic mass is 32.1. The van der Waals surface area contributed by atoms with Crippen LogP contribution in [0.3, 0.4) is 0 Å². The lowest BCUT2D eigenvalue weighted by atomic mass is 10.3. The first-order valence-corrected chi connectivity index (χ1v) is 5.95. The molecule has 0 amide bonds. The Morgan fingerprint density at radius 3 is 2.69 bits per heavy atom. The molecule has 0 aliphatic rings. The van der Waals surface area contributed by atoms with Crippen LogP contribution in [0.5, 0.6) is 0 Å². The Morgan fingerprint density at radius 1 is 1.06 bits per heavy atom. The molecule has 3 heteroatoms. The fourth-order valence-corrected chi connectivity index (χ4v) is 2.28. The SMILES string of the molecule is c1ccc(-n2ccc(-c3nccs3)c2)cc1. The van der Waals surface area contributed by atoms with Gasteiger partial charge < -0.3 is 4.57 Å². The van der Waals surface area contributed by atoms with Gasteiger partial charge in [-0.2, -0.15) is 0 Å². The van der Waals surface area contributed by atoms with Crippen LogP contribution in [-0.4, -0.2) is 9.55 Å². The van der Waals surface area contributed by atoms with Gasteiger partial charge in [0.05, 0.1) is 0 Å². The van der Waals surface area contributed by atoms with Crippen LogP contribution < -0.4 is 0 Å². The first-order chi connectivity index (χ1) is 7.93. The highest BCUT2D eigenvalue weighted by Crippen LogP contribution is 2.23. The Hall–Kier alpha value is -1.87. The number of aromatic nitrogens is 2. The van der Waals surface area contributed by atoms with E-state index in [0.717, 1.165) is 5.01 Å². The molecule has 0 aliphatic carbocycles. The Bertz CT molecular complexity index is 567. The number of nitrogens with zero attached hydrogens (tertiary/aromatic N) is 2. The van der Waals surface area contributed by atoms with Gasteiger partial charge in [-0.15, -0.1) is 11.3 Å². The Kier molecular flexibility index (Phi) is 2.31. The lowest BCUT2D eigenvalue weighted by Crippen LogP contribution is -1.87. The third kappa shape index (κ3) is 1.66. The molecule has 0 radical (unpaired) electrons. The van der Waals surface area contributed by atoms with Crippen LogP contribution in [0, 0.1) is 0 Å². The zero-order chi connectivity index (χ0) is 10.8. The predicted octanol–water partition coefficient (Wildman–Crippen LogP) is 3.60. The number of thiazole rings is 1. The molecule has 0 saturated heterocycles. The second-order valence-electron chi connectivity index (χ2n) is 3.48. The number of para-hydroxylation sites is 1. The molecular formula is C13H10N2S. The highest BCUT2D eigenvalue weighted by Gasteiger charge is 2.03. The predicted molar refractivity (Wildman–Crippen MR) is 66.9 cm³/mol. The van der Waals surface area contributed by atoms with Crippen LogP contribution in [0.4, 0.5) is 0 Å². The van der Waals surface area contributed by atoms with Crippen molar-refractivity contribution in [1.82, 2.24) is 9.55 Å². The van der Waals surface area contributed by atoms with Gasteiger partial charge in [0.15, 0.2) is 0 Å². The van der Waals surface area contributed by atoms with Crippen LogP contribution in [0.2, 0.25) is 0 Å². The number of hydrogen-bond acceptors (Lipinski definition) is 2. The van der Waals surface area contributed by atoms with E-state index in [-0.39, 0.29) is 0 Å². The number of benzene rings is 1. The van der Waals surface area contributed by atoms with Crippen molar-refractivity contribution in [3.63, 3.8) is 0 Å². The molecule has 0 N–H and O–H groups in total. The van der Waals surface area contributed by atoms with E-state index in [2.05, 4.69) is 40.1 Å². The van der Waals surface area contributed by atoms with E-state index in [0.29, 0.717) is 0 Å². The number of hydrogen-bond donors (Lipinski definition) is 0. The average molecular weight is 226 g/mol. The fraction of sp³-hybridized carbons (Fsp3) is 0. The van der Waals surface area contributed by atoms with Crippen molar-refractivity contribution in [2.75, 3.05) is 0 Å². The molecular weight excluding hydrogens is 216 g/mol. The van der Waals surface area contributed by atoms with Gasteiger partial charge in [-0.25, -0.2) is 4.98 Å². The van der Waals surface area contributed by atoms with E-state index in [1.807, 2.05) is 29.8 Å². The summed E-state index contributed by atoms with van der Waals surface area (Å²) in [7, 11) is 0. The second kappa shape index (κ2) is 3.94. The zero-order valence-electron chi connectivity index (χ0n) is 8.58. The molecule has 0 atom stereocenters. The third-order valence-electron chi connectivity index (χ3n) is 2.43. The minimum atomic E-state index is 1.06. The van der Waals surface area contributed by atoms with Crippen LogP contribution in [0.25, 0.3) is 16.3 Å². The summed E-state index contributed by atoms with van der Waals surface area (Å²) < 4.78 is 2.11. The summed E-state index contributed by atoms with van der Waals surface area (Å²) in [6.45, 7) is 0. The van der Waals surface area contributed by atoms with Crippen molar-refractivity contribution in [1.29, 1.82) is 0 Å². The largest absolute Gasteiger partial charge is 0.323 e. The molecule has 0 spiro atoms. The summed E-state index contributed by atoms with van der Waals surface area (Å²) in [6.07, 6.45) is 6.00. The highest BCUT2D eigenvalue weighted by molar-refractivity contribution is 7.13. The topological polar surface area (TPSA) is 17.8 Å². The monoisotopic (exact) mass is 226 g/mol. The summed E-state index contributed by atoms with van der Waals surface area (Å²) in [5.41, 5.74) is 2.34. The van der Waals surface area contributed by atoms with Crippen LogP contribution in [-0.2, 0) is 0 Å². The van der Waals surface area contributed by atoms with E-state index in [1.165, 1.54) is 11.3 Å². The van der Waals surface area contributed by atoms with Gasteiger partial charge in [-0.3, -0.25) is 0 Å². The maximum atomic E-state index is 4.30. The molecule has 0 unspecified atom stereocenters. The zero-order valence-corrected chi connectivity index (χ0v) is 9.39. The molecule has 0 bridgehead atoms. The van der Waals surface area contributed by atoms with Crippen LogP contribution >= 0.6 is 11.3 Å². The maximum absolute atomic E-state index is 4.30. The van der Waals surface area contributed by atoms with E-state index < -0.39 is 0 Å². The summed E-state index contributed by atoms with van der Waals surface area (Å²) in [6, 6.07) is 12.4. The van der Waals surface area contributed by atoms with Gasteiger partial charge in [-0.05, 0) is 18.2 Å². The third-order valence-corrected chi connectivity index (χ3v) is 3.25. The van der Waals surface area contributed by atoms with Gasteiger partial charge in [0.2, 0.25) is 0 Å². The Balaban J connectivity index is 2.00. The average Bonchev–Trinajstić information content (AvgIpc) is 3.01. The lowest BCUT2D eigenvalue weighted by molar-refractivity contribution is 1.08. The lowest BCUT2D eigenvalue weighted by Gasteiger charge is -2.00. The van der Waals surface area contributed by atoms with Crippen molar-refractivity contribution in [2.45, 2.75) is 0 Å². The summed E-state index contributed by atoms with van der Waals surface area (Å²) in [5.74, 6) is 0. The molecule has 78 valence electrons. The molecule has 0 fully saturated rings. The number of rotatable bonds is 2. The van der Waals surface area contributed by atoms with E-state index >= 15 is 0 Å². The van der Waals surface area contributed by atoms with Crippen LogP contribution in [0.1, 0.15) is 0 Å². The molecule has 1 aromatic carbocycles. The molecule has 2 aromatic heterocycles. The first-order valence-electron chi connectivity index (χ1n) is 5.07.